The summed E-state index contributed by atoms with van der Waals surface area (Å²) >= 11 is 0. The van der Waals surface area contributed by atoms with Gasteiger partial charge in [0.15, 0.2) is 0 Å². The second kappa shape index (κ2) is 6.59. The van der Waals surface area contributed by atoms with E-state index in [9.17, 15) is 13.2 Å². The molecule has 0 saturated heterocycles. The fraction of sp³-hybridized carbons (Fsp3) is 0.938. The van der Waals surface area contributed by atoms with Crippen molar-refractivity contribution in [3.8, 4) is 0 Å². The number of hydrogen-bond donors (Lipinski definition) is 0. The third-order valence-electron chi connectivity index (χ3n) is 5.34. The van der Waals surface area contributed by atoms with Crippen LogP contribution in [-0.2, 0) is 14.6 Å². The van der Waals surface area contributed by atoms with Crippen LogP contribution >= 0.6 is 0 Å². The van der Waals surface area contributed by atoms with Crippen LogP contribution in [0.15, 0.2) is 0 Å². The molecule has 0 bridgehead atoms. The van der Waals surface area contributed by atoms with Crippen molar-refractivity contribution in [3.63, 3.8) is 0 Å². The van der Waals surface area contributed by atoms with E-state index in [0.717, 1.165) is 38.5 Å². The number of sulfone groups is 1. The van der Waals surface area contributed by atoms with E-state index in [2.05, 4.69) is 6.92 Å². The number of ketones is 1. The monoisotopic (exact) mass is 300 g/mol. The molecule has 0 heterocycles. The van der Waals surface area contributed by atoms with Crippen LogP contribution in [0.25, 0.3) is 0 Å². The van der Waals surface area contributed by atoms with Crippen LogP contribution in [0.3, 0.4) is 0 Å². The van der Waals surface area contributed by atoms with Gasteiger partial charge in [0.25, 0.3) is 0 Å². The number of carbonyl (C=O) groups excluding carboxylic acids is 1. The lowest BCUT2D eigenvalue weighted by Crippen LogP contribution is -2.36. The van der Waals surface area contributed by atoms with Gasteiger partial charge in [-0.15, -0.1) is 0 Å². The van der Waals surface area contributed by atoms with E-state index in [1.54, 1.807) is 0 Å². The average Bonchev–Trinajstić information content (AvgIpc) is 2.40. The Morgan fingerprint density at radius 2 is 1.90 bits per heavy atom. The summed E-state index contributed by atoms with van der Waals surface area (Å²) in [6, 6.07) is 0. The van der Waals surface area contributed by atoms with Gasteiger partial charge in [-0.3, -0.25) is 4.79 Å². The summed E-state index contributed by atoms with van der Waals surface area (Å²) in [5.41, 5.74) is 0. The van der Waals surface area contributed by atoms with Crippen molar-refractivity contribution in [3.05, 3.63) is 0 Å². The first-order valence-electron chi connectivity index (χ1n) is 8.13. The predicted molar refractivity (Wildman–Crippen MR) is 81.3 cm³/mol. The first-order valence-corrected chi connectivity index (χ1v) is 10.1. The van der Waals surface area contributed by atoms with Gasteiger partial charge in [0.1, 0.15) is 15.6 Å². The second-order valence-corrected chi connectivity index (χ2v) is 9.21. The standard InChI is InChI=1S/C16H28O3S/c1-3-5-12-8-9-16(17)15(10-12)13-6-4-7-14(11-13)20(2,18)19/h12-15H,3-11H2,1-2H3. The van der Waals surface area contributed by atoms with Crippen LogP contribution in [0.2, 0.25) is 0 Å². The fourth-order valence-corrected chi connectivity index (χ4v) is 5.39. The Bertz CT molecular complexity index is 441. The minimum atomic E-state index is -2.95. The van der Waals surface area contributed by atoms with Crippen LogP contribution in [0.5, 0.6) is 0 Å². The van der Waals surface area contributed by atoms with Gasteiger partial charge < -0.3 is 0 Å². The molecule has 4 unspecified atom stereocenters. The van der Waals surface area contributed by atoms with E-state index in [1.807, 2.05) is 0 Å². The van der Waals surface area contributed by atoms with Crippen molar-refractivity contribution in [2.45, 2.75) is 70.0 Å². The minimum Gasteiger partial charge on any atom is -0.299 e. The third-order valence-corrected chi connectivity index (χ3v) is 6.98. The lowest BCUT2D eigenvalue weighted by atomic mass is 9.69. The molecule has 0 aromatic rings. The molecule has 0 amide bonds. The summed E-state index contributed by atoms with van der Waals surface area (Å²) in [5, 5.41) is -0.208. The quantitative estimate of drug-likeness (QED) is 0.800. The lowest BCUT2D eigenvalue weighted by molar-refractivity contribution is -0.128. The number of carbonyl (C=O) groups is 1. The number of hydrogen-bond acceptors (Lipinski definition) is 3. The zero-order valence-corrected chi connectivity index (χ0v) is 13.6. The molecule has 0 aromatic heterocycles. The van der Waals surface area contributed by atoms with Gasteiger partial charge in [0.05, 0.1) is 5.25 Å². The molecule has 2 rings (SSSR count). The summed E-state index contributed by atoms with van der Waals surface area (Å²) in [4.78, 5) is 12.3. The highest BCUT2D eigenvalue weighted by Gasteiger charge is 2.38. The smallest absolute Gasteiger partial charge is 0.150 e. The van der Waals surface area contributed by atoms with E-state index in [1.165, 1.54) is 19.1 Å². The molecular weight excluding hydrogens is 272 g/mol. The molecule has 3 nitrogen and oxygen atoms in total. The van der Waals surface area contributed by atoms with Gasteiger partial charge in [-0.1, -0.05) is 26.2 Å². The molecular formula is C16H28O3S. The normalized spacial score (nSPS) is 36.0. The molecule has 4 atom stereocenters. The fourth-order valence-electron chi connectivity index (χ4n) is 4.20. The molecule has 2 saturated carbocycles. The molecule has 2 aliphatic carbocycles. The summed E-state index contributed by atoms with van der Waals surface area (Å²) in [6.07, 6.45) is 10.0. The Balaban J connectivity index is 2.03. The molecule has 0 N–H and O–H groups in total. The Labute approximate surface area is 123 Å². The summed E-state index contributed by atoms with van der Waals surface area (Å²) < 4.78 is 23.6. The van der Waals surface area contributed by atoms with Crippen LogP contribution in [0.1, 0.15) is 64.7 Å². The zero-order valence-electron chi connectivity index (χ0n) is 12.8. The van der Waals surface area contributed by atoms with Crippen molar-refractivity contribution in [1.82, 2.24) is 0 Å². The number of rotatable bonds is 4. The minimum absolute atomic E-state index is 0.143. The first-order chi connectivity index (χ1) is 9.41. The maximum atomic E-state index is 12.3. The average molecular weight is 300 g/mol. The molecule has 0 radical (unpaired) electrons. The van der Waals surface area contributed by atoms with Crippen LogP contribution in [0, 0.1) is 17.8 Å². The Kier molecular flexibility index (Phi) is 5.27. The molecule has 4 heteroatoms. The van der Waals surface area contributed by atoms with Crippen molar-refractivity contribution < 1.29 is 13.2 Å². The largest absolute Gasteiger partial charge is 0.299 e. The Hall–Kier alpha value is -0.380. The van der Waals surface area contributed by atoms with Crippen LogP contribution < -0.4 is 0 Å². The molecule has 116 valence electrons. The van der Waals surface area contributed by atoms with E-state index in [-0.39, 0.29) is 11.2 Å². The van der Waals surface area contributed by atoms with Crippen molar-refractivity contribution >= 4 is 15.6 Å². The zero-order chi connectivity index (χ0) is 14.8. The van der Waals surface area contributed by atoms with Crippen molar-refractivity contribution in [2.75, 3.05) is 6.26 Å². The van der Waals surface area contributed by atoms with Gasteiger partial charge in [0.2, 0.25) is 0 Å². The third kappa shape index (κ3) is 3.84. The van der Waals surface area contributed by atoms with Gasteiger partial charge in [-0.2, -0.15) is 0 Å². The topological polar surface area (TPSA) is 51.2 Å². The Morgan fingerprint density at radius 3 is 2.55 bits per heavy atom. The maximum absolute atomic E-state index is 12.3. The number of Topliss-reactive ketones (excluding diaryl/α,β-unsaturated/α-hetero) is 1. The van der Waals surface area contributed by atoms with Crippen molar-refractivity contribution in [2.24, 2.45) is 17.8 Å². The van der Waals surface area contributed by atoms with Gasteiger partial charge in [-0.05, 0) is 43.9 Å². The van der Waals surface area contributed by atoms with E-state index in [0.29, 0.717) is 24.0 Å². The van der Waals surface area contributed by atoms with Gasteiger partial charge in [0, 0.05) is 18.6 Å². The molecule has 20 heavy (non-hydrogen) atoms. The second-order valence-electron chi connectivity index (χ2n) is 6.88. The Morgan fingerprint density at radius 1 is 1.15 bits per heavy atom. The summed E-state index contributed by atoms with van der Waals surface area (Å²) in [6.45, 7) is 2.20. The summed E-state index contributed by atoms with van der Waals surface area (Å²) in [7, 11) is -2.95. The first kappa shape index (κ1) is 16.0. The van der Waals surface area contributed by atoms with E-state index in [4.69, 9.17) is 0 Å². The molecule has 0 aromatic carbocycles. The molecule has 2 aliphatic rings. The van der Waals surface area contributed by atoms with Crippen LogP contribution in [0.4, 0.5) is 0 Å². The predicted octanol–water partition coefficient (Wildman–Crippen LogP) is 3.38. The SMILES string of the molecule is CCCC1CCC(=O)C(C2CCCC(S(C)(=O)=O)C2)C1. The van der Waals surface area contributed by atoms with Crippen LogP contribution in [-0.4, -0.2) is 25.7 Å². The lowest BCUT2D eigenvalue weighted by Gasteiger charge is -2.37. The highest BCUT2D eigenvalue weighted by Crippen LogP contribution is 2.41. The van der Waals surface area contributed by atoms with Gasteiger partial charge in [-0.25, -0.2) is 8.42 Å². The van der Waals surface area contributed by atoms with E-state index >= 15 is 0 Å². The molecule has 0 spiro atoms. The van der Waals surface area contributed by atoms with Crippen molar-refractivity contribution in [1.29, 1.82) is 0 Å². The highest BCUT2D eigenvalue weighted by molar-refractivity contribution is 7.91. The van der Waals surface area contributed by atoms with Gasteiger partial charge >= 0.3 is 0 Å². The molecule has 0 aliphatic heterocycles. The highest BCUT2D eigenvalue weighted by atomic mass is 32.2. The summed E-state index contributed by atoms with van der Waals surface area (Å²) in [5.74, 6) is 1.54. The maximum Gasteiger partial charge on any atom is 0.150 e. The van der Waals surface area contributed by atoms with E-state index < -0.39 is 9.84 Å². The molecule has 2 fully saturated rings.